The predicted octanol–water partition coefficient (Wildman–Crippen LogP) is 3.77. The first-order valence-electron chi connectivity index (χ1n) is 6.79. The second kappa shape index (κ2) is 4.73. The smallest absolute Gasteiger partial charge is 0.0705 e. The standard InChI is InChI=1S/C18H18N2/c1-13-5-3-7-15(11-13)18(2,19)16-9-8-14-6-4-10-20-17(14)12-16/h3-12H,19H2,1-2H3. The highest BCUT2D eigenvalue weighted by molar-refractivity contribution is 5.79. The molecule has 0 spiro atoms. The molecular formula is C18H18N2. The van der Waals surface area contributed by atoms with E-state index < -0.39 is 5.54 Å². The number of fused-ring (bicyclic) bond motifs is 1. The van der Waals surface area contributed by atoms with E-state index in [1.807, 2.05) is 19.2 Å². The third kappa shape index (κ3) is 2.19. The van der Waals surface area contributed by atoms with Crippen molar-refractivity contribution in [2.45, 2.75) is 19.4 Å². The Hall–Kier alpha value is -2.19. The molecule has 0 aliphatic heterocycles. The fourth-order valence-electron chi connectivity index (χ4n) is 2.52. The highest BCUT2D eigenvalue weighted by atomic mass is 14.7. The van der Waals surface area contributed by atoms with Gasteiger partial charge in [0.1, 0.15) is 0 Å². The zero-order valence-electron chi connectivity index (χ0n) is 11.8. The highest BCUT2D eigenvalue weighted by Gasteiger charge is 2.24. The molecule has 0 saturated carbocycles. The van der Waals surface area contributed by atoms with E-state index in [1.165, 1.54) is 5.56 Å². The van der Waals surface area contributed by atoms with E-state index in [0.717, 1.165) is 22.0 Å². The lowest BCUT2D eigenvalue weighted by molar-refractivity contribution is 0.603. The molecule has 2 nitrogen and oxygen atoms in total. The molecule has 2 heteroatoms. The van der Waals surface area contributed by atoms with E-state index in [9.17, 15) is 0 Å². The van der Waals surface area contributed by atoms with Crippen molar-refractivity contribution >= 4 is 10.9 Å². The Bertz CT molecular complexity index is 760. The molecule has 1 unspecified atom stereocenters. The summed E-state index contributed by atoms with van der Waals surface area (Å²) in [5, 5.41) is 1.14. The van der Waals surface area contributed by atoms with Crippen LogP contribution >= 0.6 is 0 Å². The van der Waals surface area contributed by atoms with E-state index in [1.54, 1.807) is 0 Å². The Morgan fingerprint density at radius 3 is 2.55 bits per heavy atom. The molecule has 0 aliphatic carbocycles. The van der Waals surface area contributed by atoms with Crippen LogP contribution in [0.5, 0.6) is 0 Å². The maximum atomic E-state index is 6.59. The third-order valence-corrected chi connectivity index (χ3v) is 3.82. The minimum Gasteiger partial charge on any atom is -0.318 e. The van der Waals surface area contributed by atoms with Gasteiger partial charge in [-0.25, -0.2) is 0 Å². The van der Waals surface area contributed by atoms with Crippen molar-refractivity contribution in [3.63, 3.8) is 0 Å². The van der Waals surface area contributed by atoms with Crippen LogP contribution in [0, 0.1) is 6.92 Å². The zero-order valence-corrected chi connectivity index (χ0v) is 11.8. The van der Waals surface area contributed by atoms with Gasteiger partial charge in [0.2, 0.25) is 0 Å². The number of nitrogens with two attached hydrogens (primary N) is 1. The van der Waals surface area contributed by atoms with Gasteiger partial charge in [0, 0.05) is 11.6 Å². The average molecular weight is 262 g/mol. The van der Waals surface area contributed by atoms with Crippen LogP contribution in [0.3, 0.4) is 0 Å². The lowest BCUT2D eigenvalue weighted by atomic mass is 9.84. The Balaban J connectivity index is 2.13. The number of benzene rings is 2. The van der Waals surface area contributed by atoms with Crippen LogP contribution in [-0.4, -0.2) is 4.98 Å². The molecule has 1 aromatic heterocycles. The monoisotopic (exact) mass is 262 g/mol. The highest BCUT2D eigenvalue weighted by Crippen LogP contribution is 2.28. The van der Waals surface area contributed by atoms with Crippen LogP contribution in [0.1, 0.15) is 23.6 Å². The van der Waals surface area contributed by atoms with Crippen molar-refractivity contribution in [1.29, 1.82) is 0 Å². The first-order valence-corrected chi connectivity index (χ1v) is 6.79. The summed E-state index contributed by atoms with van der Waals surface area (Å²) in [6.45, 7) is 4.13. The normalized spacial score (nSPS) is 14.2. The summed E-state index contributed by atoms with van der Waals surface area (Å²) in [7, 11) is 0. The van der Waals surface area contributed by atoms with Gasteiger partial charge in [-0.1, -0.05) is 48.0 Å². The van der Waals surface area contributed by atoms with Gasteiger partial charge in [-0.05, 0) is 37.1 Å². The van der Waals surface area contributed by atoms with Crippen LogP contribution in [0.25, 0.3) is 10.9 Å². The molecule has 0 saturated heterocycles. The number of hydrogen-bond donors (Lipinski definition) is 1. The fraction of sp³-hybridized carbons (Fsp3) is 0.167. The van der Waals surface area contributed by atoms with Gasteiger partial charge in [-0.15, -0.1) is 0 Å². The minimum absolute atomic E-state index is 0.516. The summed E-state index contributed by atoms with van der Waals surface area (Å²) in [5.41, 5.74) is 10.5. The molecular weight excluding hydrogens is 244 g/mol. The van der Waals surface area contributed by atoms with E-state index in [2.05, 4.69) is 60.4 Å². The lowest BCUT2D eigenvalue weighted by Crippen LogP contribution is -2.34. The quantitative estimate of drug-likeness (QED) is 0.763. The molecule has 1 heterocycles. The Morgan fingerprint density at radius 2 is 1.75 bits per heavy atom. The number of pyridine rings is 1. The number of hydrogen-bond acceptors (Lipinski definition) is 2. The maximum Gasteiger partial charge on any atom is 0.0705 e. The SMILES string of the molecule is Cc1cccc(C(C)(N)c2ccc3cccnc3c2)c1. The first kappa shape index (κ1) is 12.8. The van der Waals surface area contributed by atoms with E-state index in [4.69, 9.17) is 5.73 Å². The first-order chi connectivity index (χ1) is 9.57. The molecule has 0 aliphatic rings. The third-order valence-electron chi connectivity index (χ3n) is 3.82. The topological polar surface area (TPSA) is 38.9 Å². The molecule has 2 N–H and O–H groups in total. The molecule has 2 aromatic carbocycles. The van der Waals surface area contributed by atoms with Gasteiger partial charge < -0.3 is 5.73 Å². The summed E-state index contributed by atoms with van der Waals surface area (Å²) >= 11 is 0. The summed E-state index contributed by atoms with van der Waals surface area (Å²) in [6, 6.07) is 18.6. The molecule has 0 fully saturated rings. The molecule has 0 bridgehead atoms. The molecule has 1 atom stereocenters. The van der Waals surface area contributed by atoms with Gasteiger partial charge >= 0.3 is 0 Å². The van der Waals surface area contributed by atoms with Crippen LogP contribution in [-0.2, 0) is 5.54 Å². The molecule has 3 aromatic rings. The van der Waals surface area contributed by atoms with Crippen LogP contribution in [0.15, 0.2) is 60.8 Å². The van der Waals surface area contributed by atoms with Crippen molar-refractivity contribution < 1.29 is 0 Å². The van der Waals surface area contributed by atoms with Crippen molar-refractivity contribution in [3.8, 4) is 0 Å². The number of rotatable bonds is 2. The van der Waals surface area contributed by atoms with Gasteiger partial charge in [0.05, 0.1) is 11.1 Å². The Morgan fingerprint density at radius 1 is 0.950 bits per heavy atom. The second-order valence-electron chi connectivity index (χ2n) is 5.48. The van der Waals surface area contributed by atoms with Crippen molar-refractivity contribution in [1.82, 2.24) is 4.98 Å². The molecule has 20 heavy (non-hydrogen) atoms. The largest absolute Gasteiger partial charge is 0.318 e. The number of aryl methyl sites for hydroxylation is 1. The Kier molecular flexibility index (Phi) is 3.03. The van der Waals surface area contributed by atoms with Crippen molar-refractivity contribution in [3.05, 3.63) is 77.5 Å². The average Bonchev–Trinajstić information content (AvgIpc) is 2.46. The van der Waals surface area contributed by atoms with E-state index in [-0.39, 0.29) is 0 Å². The van der Waals surface area contributed by atoms with Crippen LogP contribution in [0.2, 0.25) is 0 Å². The van der Waals surface area contributed by atoms with Gasteiger partial charge in [0.25, 0.3) is 0 Å². The van der Waals surface area contributed by atoms with Crippen LogP contribution in [0.4, 0.5) is 0 Å². The van der Waals surface area contributed by atoms with Crippen LogP contribution < -0.4 is 5.73 Å². The molecule has 100 valence electrons. The summed E-state index contributed by atoms with van der Waals surface area (Å²) in [6.07, 6.45) is 1.81. The van der Waals surface area contributed by atoms with Gasteiger partial charge in [-0.3, -0.25) is 4.98 Å². The Labute approximate surface area is 119 Å². The second-order valence-corrected chi connectivity index (χ2v) is 5.48. The van der Waals surface area contributed by atoms with Crippen molar-refractivity contribution in [2.24, 2.45) is 5.73 Å². The fourth-order valence-corrected chi connectivity index (χ4v) is 2.52. The van der Waals surface area contributed by atoms with E-state index in [0.29, 0.717) is 0 Å². The zero-order chi connectivity index (χ0) is 14.2. The molecule has 3 rings (SSSR count). The molecule has 0 radical (unpaired) electrons. The number of nitrogens with zero attached hydrogens (tertiary/aromatic N) is 1. The predicted molar refractivity (Wildman–Crippen MR) is 83.6 cm³/mol. The number of aromatic nitrogens is 1. The summed E-state index contributed by atoms with van der Waals surface area (Å²) < 4.78 is 0. The van der Waals surface area contributed by atoms with E-state index >= 15 is 0 Å². The summed E-state index contributed by atoms with van der Waals surface area (Å²) in [5.74, 6) is 0. The summed E-state index contributed by atoms with van der Waals surface area (Å²) in [4.78, 5) is 4.41. The lowest BCUT2D eigenvalue weighted by Gasteiger charge is -2.26. The molecule has 0 amide bonds. The minimum atomic E-state index is -0.516. The van der Waals surface area contributed by atoms with Crippen molar-refractivity contribution in [2.75, 3.05) is 0 Å². The maximum absolute atomic E-state index is 6.59. The van der Waals surface area contributed by atoms with Gasteiger partial charge in [0.15, 0.2) is 0 Å². The van der Waals surface area contributed by atoms with Gasteiger partial charge in [-0.2, -0.15) is 0 Å².